The fourth-order valence-electron chi connectivity index (χ4n) is 3.63. The molecule has 9 heteroatoms. The summed E-state index contributed by atoms with van der Waals surface area (Å²) < 4.78 is 29.7. The van der Waals surface area contributed by atoms with Crippen LogP contribution in [0.3, 0.4) is 0 Å². The van der Waals surface area contributed by atoms with Crippen molar-refractivity contribution in [3.05, 3.63) is 53.9 Å². The van der Waals surface area contributed by atoms with Crippen LogP contribution in [-0.4, -0.2) is 39.6 Å². The number of rotatable bonds is 5. The van der Waals surface area contributed by atoms with Gasteiger partial charge in [-0.25, -0.2) is 18.3 Å². The van der Waals surface area contributed by atoms with Gasteiger partial charge >= 0.3 is 0 Å². The van der Waals surface area contributed by atoms with Crippen molar-refractivity contribution in [1.82, 2.24) is 19.9 Å². The summed E-state index contributed by atoms with van der Waals surface area (Å²) in [4.78, 5) is 19.2. The summed E-state index contributed by atoms with van der Waals surface area (Å²) in [6, 6.07) is 5.02. The largest absolute Gasteiger partial charge is 0.349 e. The molecule has 1 fully saturated rings. The lowest BCUT2D eigenvalue weighted by Crippen LogP contribution is -2.47. The van der Waals surface area contributed by atoms with Gasteiger partial charge in [0.1, 0.15) is 23.1 Å². The first-order valence-corrected chi connectivity index (χ1v) is 9.86. The second-order valence-electron chi connectivity index (χ2n) is 7.96. The van der Waals surface area contributed by atoms with Gasteiger partial charge in [0.25, 0.3) is 0 Å². The monoisotopic (exact) mass is 414 g/mol. The number of nitrogens with zero attached hydrogens (tertiary/aromatic N) is 4. The summed E-state index contributed by atoms with van der Waals surface area (Å²) in [5.74, 6) is -0.485. The van der Waals surface area contributed by atoms with Gasteiger partial charge in [-0.2, -0.15) is 5.10 Å². The van der Waals surface area contributed by atoms with Crippen LogP contribution < -0.4 is 15.5 Å². The quantitative estimate of drug-likeness (QED) is 0.670. The molecule has 4 rings (SSSR count). The molecule has 3 heterocycles. The number of hydrogen-bond acceptors (Lipinski definition) is 5. The molecule has 0 spiro atoms. The lowest BCUT2D eigenvalue weighted by Gasteiger charge is -2.26. The van der Waals surface area contributed by atoms with E-state index in [0.29, 0.717) is 35.7 Å². The van der Waals surface area contributed by atoms with E-state index in [4.69, 9.17) is 0 Å². The summed E-state index contributed by atoms with van der Waals surface area (Å²) >= 11 is 0. The second kappa shape index (κ2) is 7.64. The normalized spacial score (nSPS) is 17.0. The zero-order chi connectivity index (χ0) is 21.5. The third-order valence-electron chi connectivity index (χ3n) is 5.66. The average Bonchev–Trinajstić information content (AvgIpc) is 3.36. The van der Waals surface area contributed by atoms with Gasteiger partial charge in [-0.05, 0) is 58.0 Å². The van der Waals surface area contributed by atoms with Crippen molar-refractivity contribution in [3.63, 3.8) is 0 Å². The maximum Gasteiger partial charge on any atom is 0.244 e. The van der Waals surface area contributed by atoms with Crippen LogP contribution >= 0.6 is 0 Å². The Bertz CT molecular complexity index is 1100. The Hall–Kier alpha value is -3.07. The Morgan fingerprint density at radius 2 is 2.07 bits per heavy atom. The van der Waals surface area contributed by atoms with Crippen LogP contribution in [0, 0.1) is 11.6 Å². The second-order valence-corrected chi connectivity index (χ2v) is 7.96. The molecule has 1 saturated heterocycles. The van der Waals surface area contributed by atoms with Crippen LogP contribution in [0.25, 0.3) is 5.65 Å². The Balaban J connectivity index is 1.68. The van der Waals surface area contributed by atoms with Gasteiger partial charge in [0, 0.05) is 18.3 Å². The molecule has 3 aromatic rings. The van der Waals surface area contributed by atoms with Gasteiger partial charge in [-0.3, -0.25) is 4.79 Å². The Morgan fingerprint density at radius 3 is 2.83 bits per heavy atom. The van der Waals surface area contributed by atoms with E-state index in [1.165, 1.54) is 6.07 Å². The van der Waals surface area contributed by atoms with E-state index in [2.05, 4.69) is 20.7 Å². The predicted molar refractivity (Wildman–Crippen MR) is 110 cm³/mol. The molecule has 158 valence electrons. The van der Waals surface area contributed by atoms with Gasteiger partial charge in [-0.1, -0.05) is 0 Å². The molecule has 30 heavy (non-hydrogen) atoms. The molecule has 0 saturated carbocycles. The smallest absolute Gasteiger partial charge is 0.244 e. The van der Waals surface area contributed by atoms with E-state index in [9.17, 15) is 13.6 Å². The molecule has 2 aromatic heterocycles. The standard InChI is InChI=1S/C21H24F2N6O/c1-21(2,24-3)20(30)26-16-12-25-29-10-8-18(27-19(16)29)28-9-4-5-17(28)14-11-13(22)6-7-15(14)23/h6-8,10-12,17,24H,4-5,9H2,1-3H3,(H,26,30). The maximum atomic E-state index is 14.4. The van der Waals surface area contributed by atoms with Gasteiger partial charge < -0.3 is 15.5 Å². The number of amides is 1. The molecule has 1 amide bonds. The van der Waals surface area contributed by atoms with Crippen molar-refractivity contribution in [2.75, 3.05) is 23.8 Å². The molecule has 1 unspecified atom stereocenters. The Kier molecular flexibility index (Phi) is 5.15. The molecular formula is C21H24F2N6O. The zero-order valence-electron chi connectivity index (χ0n) is 17.1. The van der Waals surface area contributed by atoms with Crippen LogP contribution in [0.5, 0.6) is 0 Å². The van der Waals surface area contributed by atoms with E-state index < -0.39 is 17.2 Å². The van der Waals surface area contributed by atoms with Gasteiger partial charge in [0.05, 0.1) is 17.8 Å². The molecule has 2 N–H and O–H groups in total. The molecule has 1 atom stereocenters. The first kappa shape index (κ1) is 20.2. The number of halogens is 2. The molecule has 0 radical (unpaired) electrons. The zero-order valence-corrected chi connectivity index (χ0v) is 17.1. The van der Waals surface area contributed by atoms with Crippen molar-refractivity contribution in [2.24, 2.45) is 0 Å². The molecule has 1 aromatic carbocycles. The highest BCUT2D eigenvalue weighted by Gasteiger charge is 2.30. The highest BCUT2D eigenvalue weighted by atomic mass is 19.1. The predicted octanol–water partition coefficient (Wildman–Crippen LogP) is 3.29. The van der Waals surface area contributed by atoms with Crippen molar-refractivity contribution in [1.29, 1.82) is 0 Å². The third kappa shape index (κ3) is 3.60. The number of anilines is 2. The molecule has 1 aliphatic rings. The molecule has 1 aliphatic heterocycles. The summed E-state index contributed by atoms with van der Waals surface area (Å²) in [5, 5.41) is 10.1. The lowest BCUT2D eigenvalue weighted by molar-refractivity contribution is -0.121. The number of carbonyl (C=O) groups is 1. The molecule has 0 bridgehead atoms. The van der Waals surface area contributed by atoms with Gasteiger partial charge in [-0.15, -0.1) is 0 Å². The van der Waals surface area contributed by atoms with E-state index in [1.807, 2.05) is 4.90 Å². The number of benzene rings is 1. The summed E-state index contributed by atoms with van der Waals surface area (Å²) in [7, 11) is 1.71. The van der Waals surface area contributed by atoms with Crippen molar-refractivity contribution >= 4 is 23.1 Å². The summed E-state index contributed by atoms with van der Waals surface area (Å²) in [5.41, 5.74) is 0.531. The number of carbonyl (C=O) groups excluding carboxylic acids is 1. The molecular weight excluding hydrogens is 390 g/mol. The third-order valence-corrected chi connectivity index (χ3v) is 5.66. The number of aromatic nitrogens is 3. The fraction of sp³-hybridized carbons (Fsp3) is 0.381. The maximum absolute atomic E-state index is 14.4. The van der Waals surface area contributed by atoms with Crippen molar-refractivity contribution < 1.29 is 13.6 Å². The van der Waals surface area contributed by atoms with Gasteiger partial charge in [0.15, 0.2) is 5.65 Å². The summed E-state index contributed by atoms with van der Waals surface area (Å²) in [6.07, 6.45) is 4.83. The van der Waals surface area contributed by atoms with Crippen LogP contribution in [0.4, 0.5) is 20.3 Å². The highest BCUT2D eigenvalue weighted by molar-refractivity contribution is 5.99. The van der Waals surface area contributed by atoms with Crippen molar-refractivity contribution in [3.8, 4) is 0 Å². The molecule has 0 aliphatic carbocycles. The molecule has 7 nitrogen and oxygen atoms in total. The number of hydrogen-bond donors (Lipinski definition) is 2. The SMILES string of the molecule is CNC(C)(C)C(=O)Nc1cnn2ccc(N3CCCC3c3cc(F)ccc3F)nc12. The van der Waals surface area contributed by atoms with E-state index in [-0.39, 0.29) is 11.9 Å². The van der Waals surface area contributed by atoms with E-state index in [1.54, 1.807) is 43.9 Å². The minimum Gasteiger partial charge on any atom is -0.349 e. The Morgan fingerprint density at radius 1 is 1.27 bits per heavy atom. The summed E-state index contributed by atoms with van der Waals surface area (Å²) in [6.45, 7) is 4.22. The van der Waals surface area contributed by atoms with Crippen LogP contribution in [0.2, 0.25) is 0 Å². The van der Waals surface area contributed by atoms with Crippen LogP contribution in [0.1, 0.15) is 38.3 Å². The number of likely N-dealkylation sites (N-methyl/N-ethyl adjacent to an activating group) is 1. The highest BCUT2D eigenvalue weighted by Crippen LogP contribution is 2.37. The lowest BCUT2D eigenvalue weighted by atomic mass is 10.0. The Labute approximate surface area is 173 Å². The van der Waals surface area contributed by atoms with Crippen LogP contribution in [-0.2, 0) is 4.79 Å². The van der Waals surface area contributed by atoms with E-state index in [0.717, 1.165) is 18.6 Å². The number of nitrogens with one attached hydrogen (secondary N) is 2. The minimum atomic E-state index is -0.763. The van der Waals surface area contributed by atoms with Crippen molar-refractivity contribution in [2.45, 2.75) is 38.3 Å². The first-order chi connectivity index (χ1) is 14.3. The van der Waals surface area contributed by atoms with Gasteiger partial charge in [0.2, 0.25) is 5.91 Å². The topological polar surface area (TPSA) is 74.6 Å². The first-order valence-electron chi connectivity index (χ1n) is 9.86. The average molecular weight is 414 g/mol. The minimum absolute atomic E-state index is 0.215. The van der Waals surface area contributed by atoms with E-state index >= 15 is 0 Å². The van der Waals surface area contributed by atoms with Crippen LogP contribution in [0.15, 0.2) is 36.7 Å². The fourth-order valence-corrected chi connectivity index (χ4v) is 3.63. The number of fused-ring (bicyclic) bond motifs is 1.